The summed E-state index contributed by atoms with van der Waals surface area (Å²) < 4.78 is 0. The summed E-state index contributed by atoms with van der Waals surface area (Å²) in [7, 11) is 0. The van der Waals surface area contributed by atoms with E-state index in [-0.39, 0.29) is 28.6 Å². The van der Waals surface area contributed by atoms with E-state index in [1.165, 1.54) is 11.0 Å². The lowest BCUT2D eigenvalue weighted by molar-refractivity contribution is -0.140. The molecule has 3 fully saturated rings. The zero-order valence-electron chi connectivity index (χ0n) is 28.3. The van der Waals surface area contributed by atoms with Gasteiger partial charge in [-0.2, -0.15) is 0 Å². The second kappa shape index (κ2) is 14.6. The van der Waals surface area contributed by atoms with Gasteiger partial charge in [0.15, 0.2) is 11.3 Å². The topological polar surface area (TPSA) is 110 Å². The van der Waals surface area contributed by atoms with Crippen LogP contribution in [0.15, 0.2) is 109 Å². The average Bonchev–Trinajstić information content (AvgIpc) is 3.45. The van der Waals surface area contributed by atoms with E-state index in [4.69, 9.17) is 11.6 Å². The van der Waals surface area contributed by atoms with Crippen molar-refractivity contribution >= 4 is 46.5 Å². The van der Waals surface area contributed by atoms with E-state index in [0.29, 0.717) is 31.2 Å². The molecule has 2 aliphatic heterocycles. The summed E-state index contributed by atoms with van der Waals surface area (Å²) in [6, 6.07) is 30.8. The number of hydrogen-bond donors (Lipinski definition) is 2. The molecule has 3 unspecified atom stereocenters. The van der Waals surface area contributed by atoms with Gasteiger partial charge in [0.25, 0.3) is 5.91 Å². The van der Waals surface area contributed by atoms with Crippen molar-refractivity contribution in [1.82, 2.24) is 10.2 Å². The van der Waals surface area contributed by atoms with Crippen molar-refractivity contribution in [1.29, 1.82) is 0 Å². The molecule has 262 valence electrons. The summed E-state index contributed by atoms with van der Waals surface area (Å²) in [5.41, 5.74) is -0.624. The smallest absolute Gasteiger partial charge is 0.255 e. The number of nitrogens with one attached hydrogen (secondary N) is 1. The number of para-hydroxylation sites is 2. The molecule has 51 heavy (non-hydrogen) atoms. The third kappa shape index (κ3) is 6.35. The van der Waals surface area contributed by atoms with Crippen LogP contribution in [-0.2, 0) is 14.4 Å². The first-order valence-electron chi connectivity index (χ1n) is 17.7. The van der Waals surface area contributed by atoms with Crippen LogP contribution < -0.4 is 15.1 Å². The normalized spacial score (nSPS) is 22.5. The average molecular weight is 705 g/mol. The van der Waals surface area contributed by atoms with Crippen LogP contribution in [0.3, 0.4) is 0 Å². The number of rotatable bonds is 8. The number of aromatic hydroxyl groups is 1. The van der Waals surface area contributed by atoms with Gasteiger partial charge in [-0.15, -0.1) is 0 Å². The molecule has 3 aliphatic rings. The summed E-state index contributed by atoms with van der Waals surface area (Å²) in [5.74, 6) is -5.59. The Morgan fingerprint density at radius 1 is 0.725 bits per heavy atom. The van der Waals surface area contributed by atoms with Crippen LogP contribution in [0, 0.1) is 5.92 Å². The Morgan fingerprint density at radius 3 is 1.98 bits per heavy atom. The standard InChI is InChI=1S/C41H41ClN4O5/c42-29-20-22-32(23-21-29)46-39(50)35(38(49)45-26-24-44(25-27-45)31-16-8-3-9-17-31)36(33-18-10-11-19-34(33)47)41(46,37(48)28-12-4-1-5-13-28)40(51)43-30-14-6-2-7-15-30/h1,3-5,8-13,16-23,30,35-36,47H,2,6-7,14-15,24-27H2,(H,43,51). The molecule has 2 saturated heterocycles. The second-order valence-corrected chi connectivity index (χ2v) is 14.0. The predicted octanol–water partition coefficient (Wildman–Crippen LogP) is 6.21. The molecule has 7 rings (SSSR count). The summed E-state index contributed by atoms with van der Waals surface area (Å²) in [6.07, 6.45) is 4.34. The summed E-state index contributed by atoms with van der Waals surface area (Å²) in [5, 5.41) is 15.1. The fraction of sp³-hybridized carbons (Fsp3) is 0.317. The van der Waals surface area contributed by atoms with Crippen molar-refractivity contribution in [3.8, 4) is 5.75 Å². The molecule has 2 N–H and O–H groups in total. The maximum atomic E-state index is 15.4. The third-order valence-electron chi connectivity index (χ3n) is 10.6. The van der Waals surface area contributed by atoms with E-state index in [1.807, 2.05) is 30.3 Å². The maximum absolute atomic E-state index is 15.4. The third-order valence-corrected chi connectivity index (χ3v) is 10.9. The van der Waals surface area contributed by atoms with Gasteiger partial charge in [-0.05, 0) is 55.3 Å². The van der Waals surface area contributed by atoms with Gasteiger partial charge in [0.1, 0.15) is 11.7 Å². The fourth-order valence-electron chi connectivity index (χ4n) is 8.12. The van der Waals surface area contributed by atoms with Crippen LogP contribution in [0.4, 0.5) is 11.4 Å². The molecule has 3 atom stereocenters. The van der Waals surface area contributed by atoms with Crippen molar-refractivity contribution in [2.24, 2.45) is 5.92 Å². The molecule has 1 saturated carbocycles. The molecule has 0 spiro atoms. The van der Waals surface area contributed by atoms with Crippen molar-refractivity contribution in [3.63, 3.8) is 0 Å². The molecule has 0 bridgehead atoms. The number of Topliss-reactive ketones (excluding diaryl/α,β-unsaturated/α-hetero) is 1. The highest BCUT2D eigenvalue weighted by Gasteiger charge is 2.70. The number of halogens is 1. The number of anilines is 2. The van der Waals surface area contributed by atoms with Crippen molar-refractivity contribution in [2.75, 3.05) is 36.0 Å². The molecule has 9 nitrogen and oxygen atoms in total. The van der Waals surface area contributed by atoms with E-state index in [0.717, 1.165) is 37.8 Å². The van der Waals surface area contributed by atoms with Gasteiger partial charge >= 0.3 is 0 Å². The molecule has 3 amide bonds. The van der Waals surface area contributed by atoms with E-state index < -0.39 is 40.9 Å². The highest BCUT2D eigenvalue weighted by Crippen LogP contribution is 2.53. The number of phenolic OH excluding ortho intramolecular Hbond substituents is 1. The molecular weight excluding hydrogens is 664 g/mol. The molecule has 0 radical (unpaired) electrons. The molecule has 4 aromatic rings. The van der Waals surface area contributed by atoms with Crippen molar-refractivity contribution in [3.05, 3.63) is 125 Å². The lowest BCUT2D eigenvalue weighted by atomic mass is 9.69. The zero-order chi connectivity index (χ0) is 35.5. The molecule has 10 heteroatoms. The minimum absolute atomic E-state index is 0.173. The van der Waals surface area contributed by atoms with Gasteiger partial charge < -0.3 is 20.2 Å². The summed E-state index contributed by atoms with van der Waals surface area (Å²) >= 11 is 6.31. The van der Waals surface area contributed by atoms with Crippen molar-refractivity contribution < 1.29 is 24.3 Å². The lowest BCUT2D eigenvalue weighted by Crippen LogP contribution is -2.65. The van der Waals surface area contributed by atoms with E-state index >= 15 is 14.4 Å². The lowest BCUT2D eigenvalue weighted by Gasteiger charge is -2.41. The highest BCUT2D eigenvalue weighted by molar-refractivity contribution is 6.32. The van der Waals surface area contributed by atoms with Gasteiger partial charge in [-0.3, -0.25) is 24.1 Å². The number of phenols is 1. The number of benzene rings is 4. The Labute approximate surface area is 302 Å². The molecular formula is C41H41ClN4O5. The zero-order valence-corrected chi connectivity index (χ0v) is 29.0. The SMILES string of the molecule is O=C(C1C(=O)N(c2ccc(Cl)cc2)C(C(=O)NC2CCCCC2)(C(=O)c2ccccc2)C1c1ccccc1O)N1CCN(c2ccccc2)CC1. The quantitative estimate of drug-likeness (QED) is 0.167. The van der Waals surface area contributed by atoms with Crippen molar-refractivity contribution in [2.45, 2.75) is 49.6 Å². The van der Waals surface area contributed by atoms with Gasteiger partial charge in [-0.1, -0.05) is 97.6 Å². The van der Waals surface area contributed by atoms with Crippen LogP contribution in [-0.4, -0.2) is 71.3 Å². The maximum Gasteiger partial charge on any atom is 0.255 e. The predicted molar refractivity (Wildman–Crippen MR) is 197 cm³/mol. The summed E-state index contributed by atoms with van der Waals surface area (Å²) in [6.45, 7) is 1.74. The Balaban J connectivity index is 1.41. The second-order valence-electron chi connectivity index (χ2n) is 13.6. The first kappa shape index (κ1) is 34.3. The first-order valence-corrected chi connectivity index (χ1v) is 18.1. The molecule has 2 heterocycles. The van der Waals surface area contributed by atoms with Crippen LogP contribution in [0.25, 0.3) is 0 Å². The Bertz CT molecular complexity index is 1890. The van der Waals surface area contributed by atoms with Gasteiger partial charge in [-0.25, -0.2) is 0 Å². The minimum atomic E-state index is -2.28. The number of hydrogen-bond acceptors (Lipinski definition) is 6. The fourth-order valence-corrected chi connectivity index (χ4v) is 8.25. The molecule has 4 aromatic carbocycles. The number of nitrogens with zero attached hydrogens (tertiary/aromatic N) is 3. The number of carbonyl (C=O) groups excluding carboxylic acids is 4. The van der Waals surface area contributed by atoms with Crippen LogP contribution >= 0.6 is 11.6 Å². The first-order chi connectivity index (χ1) is 24.8. The number of piperazine rings is 1. The Kier molecular flexibility index (Phi) is 9.82. The van der Waals surface area contributed by atoms with Gasteiger partial charge in [0.2, 0.25) is 11.8 Å². The summed E-state index contributed by atoms with van der Waals surface area (Å²) in [4.78, 5) is 65.9. The number of carbonyl (C=O) groups is 4. The van der Waals surface area contributed by atoms with Gasteiger partial charge in [0, 0.05) is 65.7 Å². The van der Waals surface area contributed by atoms with Crippen LogP contribution in [0.5, 0.6) is 5.75 Å². The van der Waals surface area contributed by atoms with E-state index in [9.17, 15) is 9.90 Å². The Hall–Kier alpha value is -5.15. The van der Waals surface area contributed by atoms with E-state index in [2.05, 4.69) is 10.2 Å². The minimum Gasteiger partial charge on any atom is -0.508 e. The highest BCUT2D eigenvalue weighted by atomic mass is 35.5. The largest absolute Gasteiger partial charge is 0.508 e. The van der Waals surface area contributed by atoms with Gasteiger partial charge in [0.05, 0.1) is 0 Å². The van der Waals surface area contributed by atoms with E-state index in [1.54, 1.807) is 77.7 Å². The Morgan fingerprint density at radius 2 is 1.33 bits per heavy atom. The number of amides is 3. The number of ketones is 1. The molecule has 1 aliphatic carbocycles. The molecule has 0 aromatic heterocycles. The monoisotopic (exact) mass is 704 g/mol. The van der Waals surface area contributed by atoms with Crippen LogP contribution in [0.1, 0.15) is 53.9 Å². The van der Waals surface area contributed by atoms with Crippen LogP contribution in [0.2, 0.25) is 5.02 Å².